The van der Waals surface area contributed by atoms with Gasteiger partial charge in [0, 0.05) is 13.0 Å². The summed E-state index contributed by atoms with van der Waals surface area (Å²) in [7, 11) is -0.149. The summed E-state index contributed by atoms with van der Waals surface area (Å²) in [4.78, 5) is 23.8. The first-order valence-electron chi connectivity index (χ1n) is 11.0. The van der Waals surface area contributed by atoms with Gasteiger partial charge >= 0.3 is 0 Å². The molecule has 1 aromatic carbocycles. The van der Waals surface area contributed by atoms with Crippen LogP contribution in [-0.2, 0) is 9.22 Å². The highest BCUT2D eigenvalue weighted by Gasteiger charge is 2.19. The highest BCUT2D eigenvalue weighted by molar-refractivity contribution is 6.71. The third kappa shape index (κ3) is 12.4. The van der Waals surface area contributed by atoms with E-state index < -0.39 is 8.32 Å². The third-order valence-electron chi connectivity index (χ3n) is 4.61. The number of unbranched alkanes of at least 4 members (excludes halogenated alkanes) is 8. The van der Waals surface area contributed by atoms with Crippen LogP contribution in [0.3, 0.4) is 0 Å². The van der Waals surface area contributed by atoms with Gasteiger partial charge in [0.15, 0.2) is 0 Å². The smallest absolute Gasteiger partial charge is 0.292 e. The molecule has 6 heteroatoms. The van der Waals surface area contributed by atoms with Crippen molar-refractivity contribution in [1.29, 1.82) is 0 Å². The molecule has 0 aliphatic heterocycles. The molecule has 0 aliphatic rings. The van der Waals surface area contributed by atoms with E-state index in [-0.39, 0.29) is 11.9 Å². The fraction of sp³-hybridized carbons (Fsp3) is 0.652. The summed E-state index contributed by atoms with van der Waals surface area (Å²) in [5, 5.41) is 2.97. The molecule has 29 heavy (non-hydrogen) atoms. The quantitative estimate of drug-likeness (QED) is 0.291. The van der Waals surface area contributed by atoms with E-state index in [0.717, 1.165) is 25.7 Å². The Balaban J connectivity index is 1.94. The minimum Gasteiger partial charge on any atom is -0.520 e. The molecule has 0 unspecified atom stereocenters. The van der Waals surface area contributed by atoms with E-state index in [0.29, 0.717) is 24.3 Å². The summed E-state index contributed by atoms with van der Waals surface area (Å²) in [5.74, 6) is 0.510. The molecule has 0 aromatic heterocycles. The average Bonchev–Trinajstić information content (AvgIpc) is 2.67. The summed E-state index contributed by atoms with van der Waals surface area (Å²) >= 11 is 0. The van der Waals surface area contributed by atoms with Gasteiger partial charge in [-0.1, -0.05) is 57.1 Å². The first-order chi connectivity index (χ1) is 13.8. The van der Waals surface area contributed by atoms with Crippen LogP contribution in [0.4, 0.5) is 0 Å². The van der Waals surface area contributed by atoms with Crippen LogP contribution in [0.2, 0.25) is 19.6 Å². The van der Waals surface area contributed by atoms with Crippen molar-refractivity contribution in [2.75, 3.05) is 13.7 Å². The van der Waals surface area contributed by atoms with Crippen LogP contribution < -0.4 is 10.1 Å². The van der Waals surface area contributed by atoms with Gasteiger partial charge in [0.2, 0.25) is 8.32 Å². The Bertz CT molecular complexity index is 613. The molecular weight excluding hydrogens is 382 g/mol. The predicted molar refractivity (Wildman–Crippen MR) is 121 cm³/mol. The van der Waals surface area contributed by atoms with Crippen LogP contribution in [0, 0.1) is 0 Å². The van der Waals surface area contributed by atoms with Crippen molar-refractivity contribution in [3.63, 3.8) is 0 Å². The van der Waals surface area contributed by atoms with Crippen molar-refractivity contribution in [2.24, 2.45) is 0 Å². The Morgan fingerprint density at radius 1 is 0.862 bits per heavy atom. The number of methoxy groups -OCH3 is 1. The molecule has 0 bridgehead atoms. The van der Waals surface area contributed by atoms with Crippen molar-refractivity contribution < 1.29 is 18.8 Å². The molecule has 0 heterocycles. The predicted octanol–water partition coefficient (Wildman–Crippen LogP) is 5.70. The first kappa shape index (κ1) is 25.2. The van der Waals surface area contributed by atoms with E-state index in [1.807, 2.05) is 31.8 Å². The highest BCUT2D eigenvalue weighted by atomic mass is 28.4. The van der Waals surface area contributed by atoms with Crippen LogP contribution in [0.1, 0.15) is 74.6 Å². The molecule has 0 spiro atoms. The number of hydrogen-bond donors (Lipinski definition) is 1. The van der Waals surface area contributed by atoms with E-state index in [2.05, 4.69) is 5.32 Å². The summed E-state index contributed by atoms with van der Waals surface area (Å²) in [6, 6.07) is 7.28. The summed E-state index contributed by atoms with van der Waals surface area (Å²) < 4.78 is 10.7. The van der Waals surface area contributed by atoms with Gasteiger partial charge in [-0.05, 0) is 44.6 Å². The molecule has 1 aromatic rings. The lowest BCUT2D eigenvalue weighted by Gasteiger charge is -2.17. The Morgan fingerprint density at radius 2 is 1.41 bits per heavy atom. The number of benzene rings is 1. The van der Waals surface area contributed by atoms with Gasteiger partial charge in [0.05, 0.1) is 12.7 Å². The van der Waals surface area contributed by atoms with Crippen molar-refractivity contribution in [3.8, 4) is 5.75 Å². The van der Waals surface area contributed by atoms with E-state index in [1.165, 1.54) is 32.1 Å². The van der Waals surface area contributed by atoms with Crippen LogP contribution in [0.25, 0.3) is 0 Å². The standard InChI is InChI=1S/C23H39NO4Si/c1-27-21-17-14-13-16-20(21)23(26)24-19-15-11-9-7-5-6-8-10-12-18-22(25)28-29(2,3)4/h13-14,16-17H,5-12,15,18-19H2,1-4H3,(H,24,26). The zero-order chi connectivity index (χ0) is 21.5. The zero-order valence-electron chi connectivity index (χ0n) is 18.7. The molecule has 0 fully saturated rings. The van der Waals surface area contributed by atoms with Crippen LogP contribution in [0.5, 0.6) is 5.75 Å². The van der Waals surface area contributed by atoms with Gasteiger partial charge in [-0.15, -0.1) is 0 Å². The second-order valence-electron chi connectivity index (χ2n) is 8.47. The summed E-state index contributed by atoms with van der Waals surface area (Å²) in [6.45, 7) is 6.82. The maximum Gasteiger partial charge on any atom is 0.292 e. The zero-order valence-corrected chi connectivity index (χ0v) is 19.7. The van der Waals surface area contributed by atoms with Crippen molar-refractivity contribution >= 4 is 20.2 Å². The van der Waals surface area contributed by atoms with Crippen molar-refractivity contribution in [2.45, 2.75) is 83.8 Å². The highest BCUT2D eigenvalue weighted by Crippen LogP contribution is 2.17. The largest absolute Gasteiger partial charge is 0.520 e. The lowest BCUT2D eigenvalue weighted by atomic mass is 10.1. The second kappa shape index (κ2) is 14.2. The third-order valence-corrected chi connectivity index (χ3v) is 5.45. The Labute approximate surface area is 177 Å². The molecule has 1 rings (SSSR count). The molecule has 1 amide bonds. The maximum absolute atomic E-state index is 12.2. The van der Waals surface area contributed by atoms with Gasteiger partial charge in [-0.25, -0.2) is 0 Å². The van der Waals surface area contributed by atoms with Crippen LogP contribution in [-0.4, -0.2) is 33.8 Å². The lowest BCUT2D eigenvalue weighted by molar-refractivity contribution is -0.135. The molecule has 0 aliphatic carbocycles. The molecule has 0 radical (unpaired) electrons. The Kier molecular flexibility index (Phi) is 12.4. The number of rotatable bonds is 15. The van der Waals surface area contributed by atoms with E-state index >= 15 is 0 Å². The molecule has 0 atom stereocenters. The topological polar surface area (TPSA) is 64.6 Å². The van der Waals surface area contributed by atoms with Crippen molar-refractivity contribution in [1.82, 2.24) is 5.32 Å². The fourth-order valence-electron chi connectivity index (χ4n) is 3.15. The monoisotopic (exact) mass is 421 g/mol. The number of carbonyl (C=O) groups excluding carboxylic acids is 2. The number of carbonyl (C=O) groups is 2. The first-order valence-corrected chi connectivity index (χ1v) is 14.4. The SMILES string of the molecule is COc1ccccc1C(=O)NCCCCCCCCCCCC(=O)O[Si](C)(C)C. The van der Waals surface area contributed by atoms with Crippen LogP contribution >= 0.6 is 0 Å². The molecular formula is C23H39NO4Si. The van der Waals surface area contributed by atoms with Gasteiger partial charge in [-0.2, -0.15) is 0 Å². The fourth-order valence-corrected chi connectivity index (χ4v) is 3.94. The maximum atomic E-state index is 12.2. The summed E-state index contributed by atoms with van der Waals surface area (Å²) in [5.41, 5.74) is 0.587. The average molecular weight is 422 g/mol. The van der Waals surface area contributed by atoms with Gasteiger partial charge in [0.1, 0.15) is 5.75 Å². The van der Waals surface area contributed by atoms with Crippen molar-refractivity contribution in [3.05, 3.63) is 29.8 Å². The molecule has 0 saturated heterocycles. The van der Waals surface area contributed by atoms with Gasteiger partial charge in [0.25, 0.3) is 11.9 Å². The second-order valence-corrected chi connectivity index (χ2v) is 12.9. The minimum atomic E-state index is -1.73. The summed E-state index contributed by atoms with van der Waals surface area (Å²) in [6.07, 6.45) is 10.8. The lowest BCUT2D eigenvalue weighted by Crippen LogP contribution is -2.28. The van der Waals surface area contributed by atoms with E-state index in [4.69, 9.17) is 9.16 Å². The molecule has 164 valence electrons. The number of amides is 1. The van der Waals surface area contributed by atoms with Gasteiger partial charge in [-0.3, -0.25) is 9.59 Å². The number of hydrogen-bond acceptors (Lipinski definition) is 4. The Morgan fingerprint density at radius 3 is 2.00 bits per heavy atom. The normalized spacial score (nSPS) is 11.2. The number of nitrogens with one attached hydrogen (secondary N) is 1. The van der Waals surface area contributed by atoms with Crippen LogP contribution in [0.15, 0.2) is 24.3 Å². The molecule has 0 saturated carbocycles. The molecule has 5 nitrogen and oxygen atoms in total. The van der Waals surface area contributed by atoms with E-state index in [1.54, 1.807) is 19.2 Å². The number of para-hydroxylation sites is 1. The minimum absolute atomic E-state index is 0.0260. The molecule has 1 N–H and O–H groups in total. The van der Waals surface area contributed by atoms with E-state index in [9.17, 15) is 9.59 Å². The van der Waals surface area contributed by atoms with Gasteiger partial charge < -0.3 is 14.5 Å². The Hall–Kier alpha value is -1.82. The number of ether oxygens (including phenoxy) is 1.